The average Bonchev–Trinajstić information content (AvgIpc) is 2.40. The van der Waals surface area contributed by atoms with Crippen LogP contribution in [0, 0.1) is 5.92 Å². The summed E-state index contributed by atoms with van der Waals surface area (Å²) in [6.45, 7) is 14.3. The van der Waals surface area contributed by atoms with E-state index >= 15 is 0 Å². The highest BCUT2D eigenvalue weighted by atomic mass is 127. The average molecular weight is 454 g/mol. The number of nitrogens with one attached hydrogen (secondary N) is 2. The number of carbonyl (C=O) groups excluding carboxylic acids is 1. The molecule has 1 fully saturated rings. The van der Waals surface area contributed by atoms with Gasteiger partial charge in [-0.25, -0.2) is 4.79 Å². The number of guanidine groups is 1. The Morgan fingerprint density at radius 2 is 1.88 bits per heavy atom. The smallest absolute Gasteiger partial charge is 0.410 e. The molecule has 0 bridgehead atoms. The SMILES string of the molecule is CN=C(NCC1CCCN(C(=O)OC(C)(C)C)C1)NC(C)(C)C.I. The topological polar surface area (TPSA) is 66.0 Å². The molecule has 1 heterocycles. The Kier molecular flexibility index (Phi) is 9.38. The minimum atomic E-state index is -0.444. The van der Waals surface area contributed by atoms with Crippen molar-refractivity contribution in [1.29, 1.82) is 0 Å². The standard InChI is InChI=1S/C17H34N4O2.HI/c1-16(2,3)20-14(18-7)19-11-13-9-8-10-21(12-13)15(22)23-17(4,5)6;/h13H,8-12H2,1-7H3,(H2,18,19,20);1H. The number of piperidine rings is 1. The van der Waals surface area contributed by atoms with Crippen LogP contribution < -0.4 is 10.6 Å². The molecule has 1 rings (SSSR count). The Morgan fingerprint density at radius 3 is 2.38 bits per heavy atom. The maximum atomic E-state index is 12.2. The van der Waals surface area contributed by atoms with E-state index in [4.69, 9.17) is 4.74 Å². The Balaban J connectivity index is 0.00000529. The van der Waals surface area contributed by atoms with Crippen LogP contribution in [0.2, 0.25) is 0 Å². The molecule has 0 aromatic rings. The van der Waals surface area contributed by atoms with Gasteiger partial charge in [0, 0.05) is 32.2 Å². The molecule has 2 N–H and O–H groups in total. The van der Waals surface area contributed by atoms with Crippen molar-refractivity contribution in [3.8, 4) is 0 Å². The fraction of sp³-hybridized carbons (Fsp3) is 0.882. The third kappa shape index (κ3) is 9.54. The van der Waals surface area contributed by atoms with Crippen LogP contribution in [0.15, 0.2) is 4.99 Å². The molecule has 24 heavy (non-hydrogen) atoms. The van der Waals surface area contributed by atoms with Crippen LogP contribution in [0.1, 0.15) is 54.4 Å². The predicted octanol–water partition coefficient (Wildman–Crippen LogP) is 3.22. The van der Waals surface area contributed by atoms with Gasteiger partial charge in [-0.2, -0.15) is 0 Å². The summed E-state index contributed by atoms with van der Waals surface area (Å²) in [5.41, 5.74) is -0.474. The number of carbonyl (C=O) groups is 1. The van der Waals surface area contributed by atoms with Crippen molar-refractivity contribution in [2.45, 2.75) is 65.5 Å². The molecule has 1 saturated heterocycles. The van der Waals surface area contributed by atoms with Gasteiger partial charge < -0.3 is 20.3 Å². The summed E-state index contributed by atoms with van der Waals surface area (Å²) in [5.74, 6) is 1.21. The van der Waals surface area contributed by atoms with Crippen LogP contribution in [0.25, 0.3) is 0 Å². The molecule has 0 aromatic heterocycles. The summed E-state index contributed by atoms with van der Waals surface area (Å²) in [7, 11) is 1.77. The van der Waals surface area contributed by atoms with Gasteiger partial charge in [-0.3, -0.25) is 4.99 Å². The molecule has 142 valence electrons. The van der Waals surface area contributed by atoms with Gasteiger partial charge >= 0.3 is 6.09 Å². The van der Waals surface area contributed by atoms with E-state index < -0.39 is 5.60 Å². The molecule has 1 aliphatic heterocycles. The Labute approximate surface area is 164 Å². The first kappa shape index (κ1) is 23.3. The first-order chi connectivity index (χ1) is 10.5. The number of likely N-dealkylation sites (tertiary alicyclic amines) is 1. The Hall–Kier alpha value is -0.730. The second-order valence-corrected chi connectivity index (χ2v) is 8.26. The van der Waals surface area contributed by atoms with E-state index in [0.29, 0.717) is 5.92 Å². The van der Waals surface area contributed by atoms with Gasteiger partial charge in [-0.15, -0.1) is 24.0 Å². The van der Waals surface area contributed by atoms with Crippen LogP contribution in [0.3, 0.4) is 0 Å². The maximum Gasteiger partial charge on any atom is 0.410 e. The maximum absolute atomic E-state index is 12.2. The molecular weight excluding hydrogens is 419 g/mol. The zero-order chi connectivity index (χ0) is 17.7. The number of hydrogen-bond donors (Lipinski definition) is 2. The zero-order valence-electron chi connectivity index (χ0n) is 16.2. The largest absolute Gasteiger partial charge is 0.444 e. The van der Waals surface area contributed by atoms with Crippen molar-refractivity contribution in [2.75, 3.05) is 26.7 Å². The number of amides is 1. The van der Waals surface area contributed by atoms with Crippen molar-refractivity contribution in [3.63, 3.8) is 0 Å². The summed E-state index contributed by atoms with van der Waals surface area (Å²) in [4.78, 5) is 18.3. The summed E-state index contributed by atoms with van der Waals surface area (Å²) >= 11 is 0. The fourth-order valence-electron chi connectivity index (χ4n) is 2.50. The summed E-state index contributed by atoms with van der Waals surface area (Å²) in [5, 5.41) is 6.71. The van der Waals surface area contributed by atoms with Gasteiger partial charge in [0.1, 0.15) is 5.60 Å². The van der Waals surface area contributed by atoms with Crippen LogP contribution in [0.4, 0.5) is 4.79 Å². The van der Waals surface area contributed by atoms with Crippen LogP contribution in [-0.4, -0.2) is 54.8 Å². The van der Waals surface area contributed by atoms with Crippen LogP contribution in [0.5, 0.6) is 0 Å². The van der Waals surface area contributed by atoms with Gasteiger partial charge in [-0.1, -0.05) is 0 Å². The number of aliphatic imine (C=N–C) groups is 1. The lowest BCUT2D eigenvalue weighted by Crippen LogP contribution is -2.50. The highest BCUT2D eigenvalue weighted by Gasteiger charge is 2.27. The summed E-state index contributed by atoms with van der Waals surface area (Å²) in [6.07, 6.45) is 1.91. The van der Waals surface area contributed by atoms with Crippen molar-refractivity contribution >= 4 is 36.0 Å². The molecule has 6 nitrogen and oxygen atoms in total. The zero-order valence-corrected chi connectivity index (χ0v) is 18.6. The van der Waals surface area contributed by atoms with Gasteiger partial charge in [0.2, 0.25) is 0 Å². The summed E-state index contributed by atoms with van der Waals surface area (Å²) in [6, 6.07) is 0. The molecule has 0 spiro atoms. The number of hydrogen-bond acceptors (Lipinski definition) is 3. The second kappa shape index (κ2) is 9.68. The molecule has 0 saturated carbocycles. The van der Waals surface area contributed by atoms with Gasteiger partial charge in [0.15, 0.2) is 5.96 Å². The Morgan fingerprint density at radius 1 is 1.25 bits per heavy atom. The number of ether oxygens (including phenoxy) is 1. The lowest BCUT2D eigenvalue weighted by molar-refractivity contribution is 0.0168. The minimum absolute atomic E-state index is 0. The molecule has 0 aromatic carbocycles. The summed E-state index contributed by atoms with van der Waals surface area (Å²) < 4.78 is 5.47. The molecule has 1 atom stereocenters. The molecular formula is C17H35IN4O2. The van der Waals surface area contributed by atoms with E-state index in [1.165, 1.54) is 0 Å². The minimum Gasteiger partial charge on any atom is -0.444 e. The van der Waals surface area contributed by atoms with Crippen molar-refractivity contribution in [2.24, 2.45) is 10.9 Å². The van der Waals surface area contributed by atoms with Gasteiger partial charge in [-0.05, 0) is 60.3 Å². The van der Waals surface area contributed by atoms with Crippen molar-refractivity contribution in [1.82, 2.24) is 15.5 Å². The van der Waals surface area contributed by atoms with E-state index in [9.17, 15) is 4.79 Å². The number of nitrogens with zero attached hydrogens (tertiary/aromatic N) is 2. The predicted molar refractivity (Wildman–Crippen MR) is 110 cm³/mol. The molecule has 0 radical (unpaired) electrons. The van der Waals surface area contributed by atoms with E-state index in [0.717, 1.165) is 38.4 Å². The highest BCUT2D eigenvalue weighted by Crippen LogP contribution is 2.18. The lowest BCUT2D eigenvalue weighted by atomic mass is 9.98. The molecule has 7 heteroatoms. The third-order valence-electron chi connectivity index (χ3n) is 3.45. The van der Waals surface area contributed by atoms with E-state index in [1.54, 1.807) is 7.05 Å². The number of halogens is 1. The van der Waals surface area contributed by atoms with Gasteiger partial charge in [0.25, 0.3) is 0 Å². The van der Waals surface area contributed by atoms with Crippen LogP contribution in [-0.2, 0) is 4.74 Å². The molecule has 1 unspecified atom stereocenters. The molecule has 0 aliphatic carbocycles. The second-order valence-electron chi connectivity index (χ2n) is 8.26. The molecule has 1 amide bonds. The highest BCUT2D eigenvalue weighted by molar-refractivity contribution is 14.0. The lowest BCUT2D eigenvalue weighted by Gasteiger charge is -2.34. The quantitative estimate of drug-likeness (QED) is 0.382. The Bertz CT molecular complexity index is 427. The van der Waals surface area contributed by atoms with E-state index in [-0.39, 0.29) is 35.6 Å². The first-order valence-corrected chi connectivity index (χ1v) is 8.47. The normalized spacial score (nSPS) is 19.4. The van der Waals surface area contributed by atoms with Crippen molar-refractivity contribution in [3.05, 3.63) is 0 Å². The third-order valence-corrected chi connectivity index (χ3v) is 3.45. The van der Waals surface area contributed by atoms with E-state index in [2.05, 4.69) is 36.4 Å². The monoisotopic (exact) mass is 454 g/mol. The van der Waals surface area contributed by atoms with E-state index in [1.807, 2.05) is 25.7 Å². The number of rotatable bonds is 2. The fourth-order valence-corrected chi connectivity index (χ4v) is 2.50. The first-order valence-electron chi connectivity index (χ1n) is 8.47. The molecule has 1 aliphatic rings. The van der Waals surface area contributed by atoms with Gasteiger partial charge in [0.05, 0.1) is 0 Å². The van der Waals surface area contributed by atoms with Crippen molar-refractivity contribution < 1.29 is 9.53 Å². The van der Waals surface area contributed by atoms with Crippen LogP contribution >= 0.6 is 24.0 Å².